The highest BCUT2D eigenvalue weighted by atomic mass is 19.4. The second-order valence-electron chi connectivity index (χ2n) is 9.04. The molecule has 1 aliphatic heterocycles. The number of alkyl halides is 3. The summed E-state index contributed by atoms with van der Waals surface area (Å²) in [7, 11) is 0. The van der Waals surface area contributed by atoms with E-state index in [9.17, 15) is 27.6 Å². The fraction of sp³-hybridized carbons (Fsp3) is 0.444. The van der Waals surface area contributed by atoms with E-state index in [1.165, 1.54) is 12.1 Å². The van der Waals surface area contributed by atoms with Crippen LogP contribution in [0.1, 0.15) is 58.5 Å². The first kappa shape index (κ1) is 27.2. The molecule has 1 aliphatic rings. The van der Waals surface area contributed by atoms with E-state index in [0.717, 1.165) is 17.7 Å². The van der Waals surface area contributed by atoms with Crippen LogP contribution < -0.4 is 5.32 Å². The van der Waals surface area contributed by atoms with E-state index >= 15 is 0 Å². The largest absolute Gasteiger partial charge is 0.416 e. The number of hydrogen-bond acceptors (Lipinski definition) is 3. The maximum absolute atomic E-state index is 13.3. The highest BCUT2D eigenvalue weighted by molar-refractivity contribution is 5.98. The van der Waals surface area contributed by atoms with Crippen LogP contribution in [0.5, 0.6) is 0 Å². The van der Waals surface area contributed by atoms with Crippen LogP contribution in [-0.2, 0) is 11.0 Å². The highest BCUT2D eigenvalue weighted by Gasteiger charge is 2.36. The van der Waals surface area contributed by atoms with Gasteiger partial charge in [0.05, 0.1) is 5.56 Å². The summed E-state index contributed by atoms with van der Waals surface area (Å²) >= 11 is 0. The lowest BCUT2D eigenvalue weighted by Gasteiger charge is -2.37. The number of nitrogens with one attached hydrogen (secondary N) is 1. The number of halogens is 3. The van der Waals surface area contributed by atoms with Crippen LogP contribution in [0.2, 0.25) is 0 Å². The van der Waals surface area contributed by atoms with Gasteiger partial charge >= 0.3 is 6.18 Å². The molecule has 0 aromatic heterocycles. The maximum atomic E-state index is 13.3. The zero-order valence-electron chi connectivity index (χ0n) is 20.8. The fourth-order valence-corrected chi connectivity index (χ4v) is 4.54. The van der Waals surface area contributed by atoms with Crippen LogP contribution in [0.4, 0.5) is 13.2 Å². The molecule has 1 N–H and O–H groups in total. The number of piperidine rings is 1. The second-order valence-corrected chi connectivity index (χ2v) is 9.04. The average molecular weight is 504 g/mol. The van der Waals surface area contributed by atoms with Crippen molar-refractivity contribution in [3.8, 4) is 0 Å². The summed E-state index contributed by atoms with van der Waals surface area (Å²) < 4.78 is 38.5. The summed E-state index contributed by atoms with van der Waals surface area (Å²) in [4.78, 5) is 42.4. The van der Waals surface area contributed by atoms with E-state index in [4.69, 9.17) is 0 Å². The molecule has 2 aromatic carbocycles. The summed E-state index contributed by atoms with van der Waals surface area (Å²) in [6, 6.07) is 10.6. The Balaban J connectivity index is 1.71. The molecule has 3 rings (SSSR count). The van der Waals surface area contributed by atoms with Gasteiger partial charge in [-0.3, -0.25) is 14.4 Å². The molecule has 36 heavy (non-hydrogen) atoms. The van der Waals surface area contributed by atoms with E-state index in [1.54, 1.807) is 28.0 Å². The predicted octanol–water partition coefficient (Wildman–Crippen LogP) is 4.53. The van der Waals surface area contributed by atoms with Crippen LogP contribution in [0.25, 0.3) is 0 Å². The third-order valence-corrected chi connectivity index (χ3v) is 6.67. The summed E-state index contributed by atoms with van der Waals surface area (Å²) in [6.07, 6.45) is -3.49. The number of likely N-dealkylation sites (N-methyl/N-ethyl adjacent to an activating group) is 1. The maximum Gasteiger partial charge on any atom is 0.416 e. The molecule has 0 aliphatic carbocycles. The molecule has 0 radical (unpaired) electrons. The molecule has 0 spiro atoms. The molecular formula is C27H32F3N3O3. The van der Waals surface area contributed by atoms with Crippen molar-refractivity contribution in [1.29, 1.82) is 0 Å². The Morgan fingerprint density at radius 2 is 1.61 bits per heavy atom. The van der Waals surface area contributed by atoms with Crippen LogP contribution in [0.15, 0.2) is 48.5 Å². The topological polar surface area (TPSA) is 69.7 Å². The van der Waals surface area contributed by atoms with Crippen molar-refractivity contribution in [3.63, 3.8) is 0 Å². The van der Waals surface area contributed by atoms with Crippen molar-refractivity contribution in [2.45, 2.75) is 45.8 Å². The van der Waals surface area contributed by atoms with Gasteiger partial charge in [0.1, 0.15) is 6.04 Å². The molecule has 0 saturated carbocycles. The molecule has 2 aromatic rings. The minimum Gasteiger partial charge on any atom is -0.341 e. The van der Waals surface area contributed by atoms with Gasteiger partial charge in [-0.25, -0.2) is 0 Å². The number of carbonyl (C=O) groups excluding carboxylic acids is 3. The number of likely N-dealkylation sites (tertiary alicyclic amines) is 1. The molecule has 1 saturated heterocycles. The van der Waals surface area contributed by atoms with Crippen molar-refractivity contribution in [2.24, 2.45) is 5.92 Å². The number of benzene rings is 2. The first-order valence-electron chi connectivity index (χ1n) is 12.2. The number of rotatable bonds is 7. The lowest BCUT2D eigenvalue weighted by Crippen LogP contribution is -2.54. The van der Waals surface area contributed by atoms with Crippen LogP contribution in [-0.4, -0.2) is 59.7 Å². The molecule has 0 bridgehead atoms. The lowest BCUT2D eigenvalue weighted by molar-refractivity contribution is -0.137. The van der Waals surface area contributed by atoms with Gasteiger partial charge in [0.25, 0.3) is 11.8 Å². The van der Waals surface area contributed by atoms with Gasteiger partial charge in [0.15, 0.2) is 0 Å². The van der Waals surface area contributed by atoms with Crippen molar-refractivity contribution in [2.75, 3.05) is 26.2 Å². The zero-order valence-corrected chi connectivity index (χ0v) is 20.8. The Morgan fingerprint density at radius 3 is 2.14 bits per heavy atom. The van der Waals surface area contributed by atoms with Gasteiger partial charge in [-0.15, -0.1) is 0 Å². The van der Waals surface area contributed by atoms with E-state index < -0.39 is 17.8 Å². The second kappa shape index (κ2) is 11.6. The molecule has 0 unspecified atom stereocenters. The Labute approximate surface area is 209 Å². The van der Waals surface area contributed by atoms with Crippen molar-refractivity contribution in [1.82, 2.24) is 15.1 Å². The number of carbonyl (C=O) groups is 3. The van der Waals surface area contributed by atoms with Crippen LogP contribution in [0.3, 0.4) is 0 Å². The van der Waals surface area contributed by atoms with Gasteiger partial charge in [-0.1, -0.05) is 17.7 Å². The normalized spacial score (nSPS) is 15.3. The van der Waals surface area contributed by atoms with Crippen molar-refractivity contribution in [3.05, 3.63) is 70.8 Å². The van der Waals surface area contributed by atoms with Gasteiger partial charge in [0, 0.05) is 37.3 Å². The Morgan fingerprint density at radius 1 is 1.00 bits per heavy atom. The monoisotopic (exact) mass is 503 g/mol. The van der Waals surface area contributed by atoms with E-state index in [2.05, 4.69) is 5.32 Å². The molecule has 1 heterocycles. The standard InChI is InChI=1S/C27H32F3N3O3/c1-4-32(5-2)26(36)23(31-24(34)21-8-6-7-18(3)17-21)19-13-15-33(16-14-19)25(35)20-9-11-22(12-10-20)27(28,29)30/h6-12,17,19,23H,4-5,13-16H2,1-3H3,(H,31,34)/t23-/m0/s1. The Hall–Kier alpha value is -3.36. The Bertz CT molecular complexity index is 1070. The number of amides is 3. The molecule has 6 nitrogen and oxygen atoms in total. The number of hydrogen-bond donors (Lipinski definition) is 1. The summed E-state index contributed by atoms with van der Waals surface area (Å²) in [5.41, 5.74) is 0.788. The molecular weight excluding hydrogens is 471 g/mol. The number of nitrogens with zero attached hydrogens (tertiary/aromatic N) is 2. The average Bonchev–Trinajstić information content (AvgIpc) is 2.87. The van der Waals surface area contributed by atoms with E-state index in [-0.39, 0.29) is 29.2 Å². The van der Waals surface area contributed by atoms with Gasteiger partial charge in [-0.2, -0.15) is 13.2 Å². The smallest absolute Gasteiger partial charge is 0.341 e. The first-order chi connectivity index (χ1) is 17.0. The molecule has 1 fully saturated rings. The van der Waals surface area contributed by atoms with Crippen molar-refractivity contribution < 1.29 is 27.6 Å². The molecule has 3 amide bonds. The van der Waals surface area contributed by atoms with Gasteiger partial charge in [0.2, 0.25) is 5.91 Å². The van der Waals surface area contributed by atoms with E-state index in [0.29, 0.717) is 44.6 Å². The van der Waals surface area contributed by atoms with Crippen molar-refractivity contribution >= 4 is 17.7 Å². The first-order valence-corrected chi connectivity index (χ1v) is 12.2. The minimum atomic E-state index is -4.46. The zero-order chi connectivity index (χ0) is 26.5. The third kappa shape index (κ3) is 6.44. The molecule has 194 valence electrons. The summed E-state index contributed by atoms with van der Waals surface area (Å²) in [5, 5.41) is 2.94. The highest BCUT2D eigenvalue weighted by Crippen LogP contribution is 2.30. The molecule has 9 heteroatoms. The van der Waals surface area contributed by atoms with Crippen LogP contribution in [0, 0.1) is 12.8 Å². The third-order valence-electron chi connectivity index (χ3n) is 6.67. The SMILES string of the molecule is CCN(CC)C(=O)[C@@H](NC(=O)c1cccc(C)c1)C1CCN(C(=O)c2ccc(C(F)(F)F)cc2)CC1. The Kier molecular flexibility index (Phi) is 8.76. The fourth-order valence-electron chi connectivity index (χ4n) is 4.54. The lowest BCUT2D eigenvalue weighted by atomic mass is 9.87. The van der Waals surface area contributed by atoms with Crippen LogP contribution >= 0.6 is 0 Å². The van der Waals surface area contributed by atoms with Gasteiger partial charge in [-0.05, 0) is 75.9 Å². The van der Waals surface area contributed by atoms with Gasteiger partial charge < -0.3 is 15.1 Å². The summed E-state index contributed by atoms with van der Waals surface area (Å²) in [5.74, 6) is -1.01. The quantitative estimate of drug-likeness (QED) is 0.604. The molecule has 1 atom stereocenters. The number of aryl methyl sites for hydroxylation is 1. The van der Waals surface area contributed by atoms with E-state index in [1.807, 2.05) is 26.8 Å². The summed E-state index contributed by atoms with van der Waals surface area (Å²) in [6.45, 7) is 7.35. The minimum absolute atomic E-state index is 0.159. The predicted molar refractivity (Wildman–Crippen MR) is 130 cm³/mol.